The molecule has 0 saturated carbocycles. The molecule has 1 saturated heterocycles. The van der Waals surface area contributed by atoms with E-state index < -0.39 is 0 Å². The summed E-state index contributed by atoms with van der Waals surface area (Å²) < 4.78 is 0. The number of hydrogen-bond acceptors (Lipinski definition) is 4. The number of rotatable bonds is 8. The number of carbonyl (C=O) groups excluding carboxylic acids is 3. The quantitative estimate of drug-likeness (QED) is 0.586. The van der Waals surface area contributed by atoms with E-state index in [1.165, 1.54) is 6.42 Å². The molecule has 1 heterocycles. The first-order valence-corrected chi connectivity index (χ1v) is 11.3. The van der Waals surface area contributed by atoms with Gasteiger partial charge in [0.25, 0.3) is 11.8 Å². The lowest BCUT2D eigenvalue weighted by molar-refractivity contribution is -0.114. The third kappa shape index (κ3) is 6.57. The molecule has 1 fully saturated rings. The molecule has 1 atom stereocenters. The molecule has 0 spiro atoms. The van der Waals surface area contributed by atoms with Gasteiger partial charge in [-0.3, -0.25) is 14.4 Å². The predicted molar refractivity (Wildman–Crippen MR) is 127 cm³/mol. The molecule has 0 aromatic heterocycles. The van der Waals surface area contributed by atoms with Gasteiger partial charge in [0.1, 0.15) is 0 Å². The molecule has 2 aromatic carbocycles. The smallest absolute Gasteiger partial charge is 0.253 e. The van der Waals surface area contributed by atoms with Crippen LogP contribution in [0.15, 0.2) is 48.5 Å². The zero-order valence-corrected chi connectivity index (χ0v) is 18.8. The van der Waals surface area contributed by atoms with Gasteiger partial charge in [0.05, 0.1) is 6.54 Å². The van der Waals surface area contributed by atoms with E-state index >= 15 is 0 Å². The number of amides is 3. The fourth-order valence-corrected chi connectivity index (χ4v) is 3.51. The number of anilines is 2. The van der Waals surface area contributed by atoms with Crippen LogP contribution in [0.5, 0.6) is 0 Å². The minimum atomic E-state index is -0.196. The molecular weight excluding hydrogens is 404 g/mol. The van der Waals surface area contributed by atoms with Gasteiger partial charge in [0, 0.05) is 41.6 Å². The molecule has 0 bridgehead atoms. The van der Waals surface area contributed by atoms with E-state index in [0.717, 1.165) is 38.0 Å². The van der Waals surface area contributed by atoms with Gasteiger partial charge in [-0.25, -0.2) is 0 Å². The van der Waals surface area contributed by atoms with E-state index in [-0.39, 0.29) is 30.3 Å². The van der Waals surface area contributed by atoms with Crippen molar-refractivity contribution in [2.45, 2.75) is 45.6 Å². The fourth-order valence-electron chi connectivity index (χ4n) is 3.51. The third-order valence-electron chi connectivity index (χ3n) is 5.65. The van der Waals surface area contributed by atoms with Gasteiger partial charge < -0.3 is 20.9 Å². The van der Waals surface area contributed by atoms with Crippen LogP contribution in [0.2, 0.25) is 0 Å². The molecular formula is C25H32N4O3. The number of likely N-dealkylation sites (tertiary alicyclic amines) is 1. The van der Waals surface area contributed by atoms with Crippen molar-refractivity contribution in [3.63, 3.8) is 0 Å². The van der Waals surface area contributed by atoms with Gasteiger partial charge in [-0.1, -0.05) is 6.92 Å². The van der Waals surface area contributed by atoms with E-state index in [4.69, 9.17) is 0 Å². The molecule has 1 unspecified atom stereocenters. The highest BCUT2D eigenvalue weighted by Crippen LogP contribution is 2.16. The summed E-state index contributed by atoms with van der Waals surface area (Å²) in [6.07, 6.45) is 4.17. The van der Waals surface area contributed by atoms with Gasteiger partial charge in [-0.2, -0.15) is 0 Å². The number of benzene rings is 2. The Morgan fingerprint density at radius 3 is 2.09 bits per heavy atom. The standard InChI is InChI=1S/C25H32N4O3/c1-3-18(2)27-24(31)19-7-11-21(12-8-19)26-17-23(30)28-22-13-9-20(10-14-22)25(32)29-15-5-4-6-16-29/h7-14,18,26H,3-6,15-17H2,1-2H3,(H,27,31)(H,28,30). The summed E-state index contributed by atoms with van der Waals surface area (Å²) in [5, 5.41) is 8.80. The highest BCUT2D eigenvalue weighted by molar-refractivity contribution is 5.97. The monoisotopic (exact) mass is 436 g/mol. The summed E-state index contributed by atoms with van der Waals surface area (Å²) in [5.74, 6) is -0.255. The first-order valence-electron chi connectivity index (χ1n) is 11.3. The van der Waals surface area contributed by atoms with Crippen molar-refractivity contribution in [2.24, 2.45) is 0 Å². The number of carbonyl (C=O) groups is 3. The predicted octanol–water partition coefficient (Wildman–Crippen LogP) is 3.89. The lowest BCUT2D eigenvalue weighted by Gasteiger charge is -2.26. The van der Waals surface area contributed by atoms with Crippen LogP contribution >= 0.6 is 0 Å². The van der Waals surface area contributed by atoms with E-state index in [1.807, 2.05) is 18.7 Å². The largest absolute Gasteiger partial charge is 0.376 e. The summed E-state index contributed by atoms with van der Waals surface area (Å²) in [4.78, 5) is 38.8. The van der Waals surface area contributed by atoms with Crippen LogP contribution in [0.3, 0.4) is 0 Å². The van der Waals surface area contributed by atoms with Crippen LogP contribution < -0.4 is 16.0 Å². The zero-order chi connectivity index (χ0) is 22.9. The van der Waals surface area contributed by atoms with Crippen molar-refractivity contribution in [2.75, 3.05) is 30.3 Å². The lowest BCUT2D eigenvalue weighted by Crippen LogP contribution is -2.35. The molecule has 2 aromatic rings. The Bertz CT molecular complexity index is 919. The summed E-state index contributed by atoms with van der Waals surface area (Å²) >= 11 is 0. The molecule has 170 valence electrons. The van der Waals surface area contributed by atoms with Crippen molar-refractivity contribution >= 4 is 29.1 Å². The Hall–Kier alpha value is -3.35. The maximum absolute atomic E-state index is 12.5. The Morgan fingerprint density at radius 2 is 1.47 bits per heavy atom. The first-order chi connectivity index (χ1) is 15.5. The van der Waals surface area contributed by atoms with Crippen molar-refractivity contribution in [1.29, 1.82) is 0 Å². The number of nitrogens with zero attached hydrogens (tertiary/aromatic N) is 1. The molecule has 3 rings (SSSR count). The lowest BCUT2D eigenvalue weighted by atomic mass is 10.1. The van der Waals surface area contributed by atoms with Crippen molar-refractivity contribution in [3.8, 4) is 0 Å². The Kier molecular flexibility index (Phi) is 8.25. The van der Waals surface area contributed by atoms with Gasteiger partial charge in [0.15, 0.2) is 0 Å². The highest BCUT2D eigenvalue weighted by Gasteiger charge is 2.18. The molecule has 1 aliphatic heterocycles. The Labute approximate surface area is 189 Å². The van der Waals surface area contributed by atoms with Gasteiger partial charge in [-0.05, 0) is 81.1 Å². The van der Waals surface area contributed by atoms with Crippen LogP contribution in [-0.2, 0) is 4.79 Å². The van der Waals surface area contributed by atoms with Crippen LogP contribution in [-0.4, -0.2) is 48.3 Å². The van der Waals surface area contributed by atoms with Crippen molar-refractivity contribution in [3.05, 3.63) is 59.7 Å². The molecule has 1 aliphatic rings. The number of nitrogens with one attached hydrogen (secondary N) is 3. The molecule has 7 heteroatoms. The summed E-state index contributed by atoms with van der Waals surface area (Å²) in [5.41, 5.74) is 2.62. The molecule has 32 heavy (non-hydrogen) atoms. The average molecular weight is 437 g/mol. The minimum Gasteiger partial charge on any atom is -0.376 e. The second-order valence-electron chi connectivity index (χ2n) is 8.19. The molecule has 7 nitrogen and oxygen atoms in total. The Morgan fingerprint density at radius 1 is 0.875 bits per heavy atom. The molecule has 0 aliphatic carbocycles. The average Bonchev–Trinajstić information content (AvgIpc) is 2.83. The maximum atomic E-state index is 12.5. The first kappa shape index (κ1) is 23.3. The van der Waals surface area contributed by atoms with Crippen LogP contribution in [0, 0.1) is 0 Å². The highest BCUT2D eigenvalue weighted by atomic mass is 16.2. The van der Waals surface area contributed by atoms with E-state index in [1.54, 1.807) is 48.5 Å². The van der Waals surface area contributed by atoms with Gasteiger partial charge in [-0.15, -0.1) is 0 Å². The molecule has 0 radical (unpaired) electrons. The fraction of sp³-hybridized carbons (Fsp3) is 0.400. The third-order valence-corrected chi connectivity index (χ3v) is 5.65. The van der Waals surface area contributed by atoms with Gasteiger partial charge in [0.2, 0.25) is 5.91 Å². The maximum Gasteiger partial charge on any atom is 0.253 e. The van der Waals surface area contributed by atoms with E-state index in [2.05, 4.69) is 16.0 Å². The topological polar surface area (TPSA) is 90.5 Å². The zero-order valence-electron chi connectivity index (χ0n) is 18.8. The molecule has 3 N–H and O–H groups in total. The van der Waals surface area contributed by atoms with Crippen molar-refractivity contribution < 1.29 is 14.4 Å². The normalized spacial score (nSPS) is 14.4. The van der Waals surface area contributed by atoms with Crippen LogP contribution in [0.1, 0.15) is 60.2 Å². The van der Waals surface area contributed by atoms with Crippen molar-refractivity contribution in [1.82, 2.24) is 10.2 Å². The number of hydrogen-bond donors (Lipinski definition) is 3. The second-order valence-corrected chi connectivity index (χ2v) is 8.19. The Balaban J connectivity index is 1.46. The molecule has 3 amide bonds. The van der Waals surface area contributed by atoms with Crippen LogP contribution in [0.25, 0.3) is 0 Å². The van der Waals surface area contributed by atoms with E-state index in [9.17, 15) is 14.4 Å². The number of piperidine rings is 1. The van der Waals surface area contributed by atoms with Gasteiger partial charge >= 0.3 is 0 Å². The summed E-state index contributed by atoms with van der Waals surface area (Å²) in [7, 11) is 0. The SMILES string of the molecule is CCC(C)NC(=O)c1ccc(NCC(=O)Nc2ccc(C(=O)N3CCCCC3)cc2)cc1. The summed E-state index contributed by atoms with van der Waals surface area (Å²) in [6.45, 7) is 5.70. The second kappa shape index (κ2) is 11.3. The van der Waals surface area contributed by atoms with E-state index in [0.29, 0.717) is 16.8 Å². The minimum absolute atomic E-state index is 0.0468. The summed E-state index contributed by atoms with van der Waals surface area (Å²) in [6, 6.07) is 14.2. The van der Waals surface area contributed by atoms with Crippen LogP contribution in [0.4, 0.5) is 11.4 Å².